The number of hydrogen-bond acceptors (Lipinski definition) is 6. The lowest BCUT2D eigenvalue weighted by molar-refractivity contribution is -0.127. The minimum absolute atomic E-state index is 0.0433. The van der Waals surface area contributed by atoms with Gasteiger partial charge in [0, 0.05) is 50.4 Å². The number of amides is 1. The molecule has 3 heterocycles. The van der Waals surface area contributed by atoms with Crippen molar-refractivity contribution < 1.29 is 9.53 Å². The number of aromatic nitrogens is 2. The average molecular weight is 435 g/mol. The van der Waals surface area contributed by atoms with E-state index in [2.05, 4.69) is 14.9 Å². The molecule has 1 saturated heterocycles. The Morgan fingerprint density at radius 1 is 1.13 bits per heavy atom. The molecule has 0 saturated carbocycles. The fourth-order valence-corrected chi connectivity index (χ4v) is 4.06. The van der Waals surface area contributed by atoms with Crippen molar-refractivity contribution in [1.82, 2.24) is 19.8 Å². The zero-order valence-corrected chi connectivity index (χ0v) is 18.4. The average Bonchev–Trinajstić information content (AvgIpc) is 3.23. The Morgan fingerprint density at radius 2 is 2.00 bits per heavy atom. The summed E-state index contributed by atoms with van der Waals surface area (Å²) in [5.74, 6) is 0.810. The van der Waals surface area contributed by atoms with Crippen molar-refractivity contribution in [3.05, 3.63) is 82.1 Å². The molecule has 0 N–H and O–H groups in total. The standard InChI is InChI=1S/C24H26N4O2S/c1-19-26-22(18-31-19)17-30-23-7-4-5-20(15-23)8-9-24(29)28-13-11-27(12-14-28)16-21-6-2-3-10-25-21/h2-10,15,18H,11-14,16-17H2,1H3/b9-8+. The summed E-state index contributed by atoms with van der Waals surface area (Å²) in [7, 11) is 0. The van der Waals surface area contributed by atoms with Gasteiger partial charge >= 0.3 is 0 Å². The maximum Gasteiger partial charge on any atom is 0.246 e. The van der Waals surface area contributed by atoms with Crippen LogP contribution in [0.1, 0.15) is 22.0 Å². The van der Waals surface area contributed by atoms with Crippen LogP contribution in [0.15, 0.2) is 60.1 Å². The number of nitrogens with zero attached hydrogens (tertiary/aromatic N) is 4. The Balaban J connectivity index is 1.26. The van der Waals surface area contributed by atoms with Gasteiger partial charge in [0.2, 0.25) is 5.91 Å². The van der Waals surface area contributed by atoms with Gasteiger partial charge in [-0.1, -0.05) is 18.2 Å². The predicted molar refractivity (Wildman–Crippen MR) is 123 cm³/mol. The minimum atomic E-state index is 0.0433. The van der Waals surface area contributed by atoms with Crippen molar-refractivity contribution in [3.63, 3.8) is 0 Å². The van der Waals surface area contributed by atoms with Crippen LogP contribution >= 0.6 is 11.3 Å². The molecule has 1 aliphatic heterocycles. The lowest BCUT2D eigenvalue weighted by Gasteiger charge is -2.34. The van der Waals surface area contributed by atoms with E-state index >= 15 is 0 Å². The van der Waals surface area contributed by atoms with Crippen LogP contribution in [0.3, 0.4) is 0 Å². The van der Waals surface area contributed by atoms with Gasteiger partial charge in [0.15, 0.2) is 0 Å². The number of pyridine rings is 1. The first-order valence-electron chi connectivity index (χ1n) is 10.4. The molecule has 2 aromatic heterocycles. The molecule has 1 aliphatic rings. The van der Waals surface area contributed by atoms with Gasteiger partial charge in [0.1, 0.15) is 12.4 Å². The molecule has 1 fully saturated rings. The van der Waals surface area contributed by atoms with Crippen LogP contribution in [0.2, 0.25) is 0 Å². The molecular formula is C24H26N4O2S. The number of aryl methyl sites for hydroxylation is 1. The second-order valence-corrected chi connectivity index (χ2v) is 8.54. The van der Waals surface area contributed by atoms with Crippen molar-refractivity contribution >= 4 is 23.3 Å². The molecule has 31 heavy (non-hydrogen) atoms. The van der Waals surface area contributed by atoms with Crippen LogP contribution in [-0.2, 0) is 17.9 Å². The highest BCUT2D eigenvalue weighted by Crippen LogP contribution is 2.17. The van der Waals surface area contributed by atoms with Gasteiger partial charge in [0.25, 0.3) is 0 Å². The normalized spacial score (nSPS) is 14.8. The maximum atomic E-state index is 12.6. The predicted octanol–water partition coefficient (Wildman–Crippen LogP) is 3.78. The molecule has 0 unspecified atom stereocenters. The van der Waals surface area contributed by atoms with Crippen LogP contribution < -0.4 is 4.74 Å². The Labute approximate surface area is 186 Å². The van der Waals surface area contributed by atoms with Crippen LogP contribution in [0.25, 0.3) is 6.08 Å². The topological polar surface area (TPSA) is 58.6 Å². The number of piperazine rings is 1. The van der Waals surface area contributed by atoms with Gasteiger partial charge < -0.3 is 9.64 Å². The summed E-state index contributed by atoms with van der Waals surface area (Å²) < 4.78 is 5.83. The van der Waals surface area contributed by atoms with Gasteiger partial charge in [-0.2, -0.15) is 0 Å². The Hall–Kier alpha value is -3.03. The molecule has 0 spiro atoms. The van der Waals surface area contributed by atoms with Crippen molar-refractivity contribution in [1.29, 1.82) is 0 Å². The summed E-state index contributed by atoms with van der Waals surface area (Å²) in [6, 6.07) is 13.7. The first-order valence-corrected chi connectivity index (χ1v) is 11.3. The van der Waals surface area contributed by atoms with Crippen molar-refractivity contribution in [2.24, 2.45) is 0 Å². The van der Waals surface area contributed by atoms with Gasteiger partial charge in [-0.15, -0.1) is 11.3 Å². The molecule has 1 aromatic carbocycles. The van der Waals surface area contributed by atoms with E-state index in [-0.39, 0.29) is 5.91 Å². The molecular weight excluding hydrogens is 408 g/mol. The second kappa shape index (κ2) is 10.3. The van der Waals surface area contributed by atoms with Crippen LogP contribution in [0.4, 0.5) is 0 Å². The highest BCUT2D eigenvalue weighted by Gasteiger charge is 2.19. The number of hydrogen-bond donors (Lipinski definition) is 0. The fraction of sp³-hybridized carbons (Fsp3) is 0.292. The summed E-state index contributed by atoms with van der Waals surface area (Å²) in [6.45, 7) is 6.42. The van der Waals surface area contributed by atoms with E-state index < -0.39 is 0 Å². The van der Waals surface area contributed by atoms with Crippen LogP contribution in [0.5, 0.6) is 5.75 Å². The molecule has 0 radical (unpaired) electrons. The Kier molecular flexibility index (Phi) is 7.07. The van der Waals surface area contributed by atoms with E-state index in [1.807, 2.05) is 71.9 Å². The van der Waals surface area contributed by atoms with Crippen molar-refractivity contribution in [2.45, 2.75) is 20.1 Å². The number of rotatable bonds is 7. The molecule has 7 heteroatoms. The summed E-state index contributed by atoms with van der Waals surface area (Å²) in [6.07, 6.45) is 5.32. The third-order valence-corrected chi connectivity index (χ3v) is 5.95. The van der Waals surface area contributed by atoms with Crippen molar-refractivity contribution in [2.75, 3.05) is 26.2 Å². The lowest BCUT2D eigenvalue weighted by Crippen LogP contribution is -2.47. The summed E-state index contributed by atoms with van der Waals surface area (Å²) in [4.78, 5) is 25.6. The minimum Gasteiger partial charge on any atom is -0.487 e. The van der Waals surface area contributed by atoms with Crippen LogP contribution in [0, 0.1) is 6.92 Å². The van der Waals surface area contributed by atoms with Gasteiger partial charge in [-0.3, -0.25) is 14.7 Å². The third kappa shape index (κ3) is 6.23. The first kappa shape index (κ1) is 21.2. The zero-order valence-electron chi connectivity index (χ0n) is 17.6. The largest absolute Gasteiger partial charge is 0.487 e. The smallest absolute Gasteiger partial charge is 0.246 e. The highest BCUT2D eigenvalue weighted by molar-refractivity contribution is 7.09. The molecule has 3 aromatic rings. The van der Waals surface area contributed by atoms with E-state index in [9.17, 15) is 4.79 Å². The Morgan fingerprint density at radius 3 is 2.74 bits per heavy atom. The van der Waals surface area contributed by atoms with Gasteiger partial charge in [-0.05, 0) is 42.8 Å². The van der Waals surface area contributed by atoms with Crippen molar-refractivity contribution in [3.8, 4) is 5.75 Å². The number of benzene rings is 1. The van der Waals surface area contributed by atoms with Gasteiger partial charge in [0.05, 0.1) is 16.4 Å². The van der Waals surface area contributed by atoms with E-state index in [1.54, 1.807) is 17.4 Å². The van der Waals surface area contributed by atoms with E-state index in [0.717, 1.165) is 60.4 Å². The number of carbonyl (C=O) groups excluding carboxylic acids is 1. The molecule has 0 bridgehead atoms. The lowest BCUT2D eigenvalue weighted by atomic mass is 10.2. The molecule has 160 valence electrons. The zero-order chi connectivity index (χ0) is 21.5. The fourth-order valence-electron chi connectivity index (χ4n) is 3.46. The maximum absolute atomic E-state index is 12.6. The summed E-state index contributed by atoms with van der Waals surface area (Å²) in [5.41, 5.74) is 2.93. The third-order valence-electron chi connectivity index (χ3n) is 5.13. The summed E-state index contributed by atoms with van der Waals surface area (Å²) in [5, 5.41) is 3.04. The van der Waals surface area contributed by atoms with Crippen LogP contribution in [-0.4, -0.2) is 51.9 Å². The molecule has 4 rings (SSSR count). The highest BCUT2D eigenvalue weighted by atomic mass is 32.1. The molecule has 0 aliphatic carbocycles. The molecule has 0 atom stereocenters. The van der Waals surface area contributed by atoms with E-state index in [0.29, 0.717) is 6.61 Å². The monoisotopic (exact) mass is 434 g/mol. The number of carbonyl (C=O) groups is 1. The van der Waals surface area contributed by atoms with Gasteiger partial charge in [-0.25, -0.2) is 4.98 Å². The molecule has 6 nitrogen and oxygen atoms in total. The number of thiazole rings is 1. The first-order chi connectivity index (χ1) is 15.2. The van der Waals surface area contributed by atoms with E-state index in [4.69, 9.17) is 4.74 Å². The quantitative estimate of drug-likeness (QED) is 0.530. The second-order valence-electron chi connectivity index (χ2n) is 7.47. The Bertz CT molecular complexity index is 1030. The summed E-state index contributed by atoms with van der Waals surface area (Å²) >= 11 is 1.62. The van der Waals surface area contributed by atoms with E-state index in [1.165, 1.54) is 0 Å². The number of ether oxygens (including phenoxy) is 1. The molecule has 1 amide bonds. The SMILES string of the molecule is Cc1nc(COc2cccc(/C=C/C(=O)N3CCN(Cc4ccccn4)CC3)c2)cs1.